The van der Waals surface area contributed by atoms with Gasteiger partial charge in [0.05, 0.1) is 6.61 Å². The Morgan fingerprint density at radius 1 is 1.71 bits per heavy atom. The Bertz CT molecular complexity index is 396. The van der Waals surface area contributed by atoms with Crippen molar-refractivity contribution < 1.29 is 19.4 Å². The predicted molar refractivity (Wildman–Crippen MR) is 62.2 cm³/mol. The summed E-state index contributed by atoms with van der Waals surface area (Å²) in [4.78, 5) is 24.1. The summed E-state index contributed by atoms with van der Waals surface area (Å²) >= 11 is 1.48. The van der Waals surface area contributed by atoms with E-state index in [9.17, 15) is 14.7 Å². The minimum atomic E-state index is -1.09. The molecule has 17 heavy (non-hydrogen) atoms. The van der Waals surface area contributed by atoms with Crippen LogP contribution >= 0.6 is 11.8 Å². The largest absolute Gasteiger partial charge is 0.477 e. The van der Waals surface area contributed by atoms with Crippen molar-refractivity contribution in [2.24, 2.45) is 5.73 Å². The molecule has 0 aromatic rings. The lowest BCUT2D eigenvalue weighted by molar-refractivity contribution is -0.148. The first kappa shape index (κ1) is 12.4. The third-order valence-corrected chi connectivity index (χ3v) is 4.13. The molecule has 94 valence electrons. The number of thioether (sulfide) groups is 1. The molecule has 0 bridgehead atoms. The van der Waals surface area contributed by atoms with Gasteiger partial charge < -0.3 is 15.6 Å². The summed E-state index contributed by atoms with van der Waals surface area (Å²) in [7, 11) is 0. The van der Waals surface area contributed by atoms with Crippen LogP contribution in [-0.4, -0.2) is 52.3 Å². The third kappa shape index (κ3) is 1.94. The van der Waals surface area contributed by atoms with Crippen molar-refractivity contribution in [3.63, 3.8) is 0 Å². The molecule has 0 aromatic heterocycles. The van der Waals surface area contributed by atoms with Gasteiger partial charge in [-0.1, -0.05) is 0 Å². The Morgan fingerprint density at radius 2 is 2.41 bits per heavy atom. The zero-order chi connectivity index (χ0) is 12.6. The van der Waals surface area contributed by atoms with Crippen LogP contribution in [-0.2, 0) is 14.3 Å². The molecule has 0 radical (unpaired) electrons. The number of nitrogens with zero attached hydrogens (tertiary/aromatic N) is 1. The third-order valence-electron chi connectivity index (χ3n) is 2.77. The maximum Gasteiger partial charge on any atom is 0.352 e. The second-order valence-electron chi connectivity index (χ2n) is 3.83. The van der Waals surface area contributed by atoms with Crippen LogP contribution in [0.5, 0.6) is 0 Å². The first-order chi connectivity index (χ1) is 8.07. The SMILES string of the molecule is CCOCC1=C(C(=O)O)N2C(=O)C(N)[C@H]2SC1. The van der Waals surface area contributed by atoms with Crippen LogP contribution in [0.2, 0.25) is 0 Å². The molecular weight excluding hydrogens is 244 g/mol. The zero-order valence-electron chi connectivity index (χ0n) is 9.38. The van der Waals surface area contributed by atoms with Gasteiger partial charge in [-0.3, -0.25) is 9.69 Å². The average Bonchev–Trinajstić information content (AvgIpc) is 2.33. The molecule has 0 spiro atoms. The molecule has 1 saturated heterocycles. The molecule has 0 aliphatic carbocycles. The Balaban J connectivity index is 2.26. The van der Waals surface area contributed by atoms with Gasteiger partial charge in [0.25, 0.3) is 0 Å². The molecule has 1 amide bonds. The summed E-state index contributed by atoms with van der Waals surface area (Å²) < 4.78 is 5.22. The highest BCUT2D eigenvalue weighted by Crippen LogP contribution is 2.39. The van der Waals surface area contributed by atoms with Gasteiger partial charge in [-0.05, 0) is 12.5 Å². The molecule has 2 rings (SSSR count). The standard InChI is InChI=1S/C10H14N2O4S/c1-2-16-3-5-4-17-9-6(11)8(13)12(9)7(5)10(14)15/h6,9H,2-4,11H2,1H3,(H,14,15)/t6?,9-/m1/s1. The van der Waals surface area contributed by atoms with E-state index in [4.69, 9.17) is 10.5 Å². The number of fused-ring (bicyclic) bond motifs is 1. The monoisotopic (exact) mass is 258 g/mol. The van der Waals surface area contributed by atoms with Crippen molar-refractivity contribution in [2.45, 2.75) is 18.3 Å². The number of carbonyl (C=O) groups is 2. The molecule has 3 N–H and O–H groups in total. The lowest BCUT2D eigenvalue weighted by Crippen LogP contribution is -2.68. The normalized spacial score (nSPS) is 27.9. The fourth-order valence-corrected chi connectivity index (χ4v) is 3.19. The Kier molecular flexibility index (Phi) is 3.41. The predicted octanol–water partition coefficient (Wildman–Crippen LogP) is -0.396. The van der Waals surface area contributed by atoms with Crippen LogP contribution < -0.4 is 5.73 Å². The number of amides is 1. The maximum atomic E-state index is 11.6. The summed E-state index contributed by atoms with van der Waals surface area (Å²) in [6.45, 7) is 2.60. The first-order valence-electron chi connectivity index (χ1n) is 5.31. The summed E-state index contributed by atoms with van der Waals surface area (Å²) in [5, 5.41) is 8.94. The van der Waals surface area contributed by atoms with Gasteiger partial charge in [0.1, 0.15) is 17.1 Å². The van der Waals surface area contributed by atoms with Gasteiger partial charge in [-0.15, -0.1) is 11.8 Å². The van der Waals surface area contributed by atoms with E-state index in [2.05, 4.69) is 0 Å². The molecule has 1 fully saturated rings. The highest BCUT2D eigenvalue weighted by Gasteiger charge is 2.51. The summed E-state index contributed by atoms with van der Waals surface area (Å²) in [5.41, 5.74) is 6.32. The van der Waals surface area contributed by atoms with Gasteiger partial charge >= 0.3 is 5.97 Å². The van der Waals surface area contributed by atoms with E-state index < -0.39 is 12.0 Å². The van der Waals surface area contributed by atoms with Crippen LogP contribution in [0.15, 0.2) is 11.3 Å². The van der Waals surface area contributed by atoms with E-state index in [1.807, 2.05) is 6.92 Å². The number of β-lactam (4-membered cyclic amide) rings is 1. The molecule has 7 heteroatoms. The number of hydrogen-bond donors (Lipinski definition) is 2. The van der Waals surface area contributed by atoms with Crippen LogP contribution in [0.3, 0.4) is 0 Å². The quantitative estimate of drug-likeness (QED) is 0.667. The number of hydrogen-bond acceptors (Lipinski definition) is 5. The van der Waals surface area contributed by atoms with Crippen molar-refractivity contribution in [2.75, 3.05) is 19.0 Å². The number of ether oxygens (including phenoxy) is 1. The van der Waals surface area contributed by atoms with Crippen LogP contribution in [0.1, 0.15) is 6.92 Å². The molecule has 2 atom stereocenters. The molecule has 1 unspecified atom stereocenters. The fourth-order valence-electron chi connectivity index (χ4n) is 1.92. The molecular formula is C10H14N2O4S. The second kappa shape index (κ2) is 4.67. The topological polar surface area (TPSA) is 92.9 Å². The minimum absolute atomic E-state index is 0.0499. The van der Waals surface area contributed by atoms with Crippen LogP contribution in [0.25, 0.3) is 0 Å². The zero-order valence-corrected chi connectivity index (χ0v) is 10.2. The van der Waals surface area contributed by atoms with E-state index >= 15 is 0 Å². The second-order valence-corrected chi connectivity index (χ2v) is 4.94. The Labute approximate surface area is 103 Å². The maximum absolute atomic E-state index is 11.6. The number of carboxylic acids is 1. The molecule has 6 nitrogen and oxygen atoms in total. The lowest BCUT2D eigenvalue weighted by atomic mass is 10.0. The van der Waals surface area contributed by atoms with Crippen molar-refractivity contribution in [3.05, 3.63) is 11.3 Å². The van der Waals surface area contributed by atoms with E-state index in [1.54, 1.807) is 0 Å². The van der Waals surface area contributed by atoms with Gasteiger partial charge in [-0.2, -0.15) is 0 Å². The Hall–Kier alpha value is -1.05. The summed E-state index contributed by atoms with van der Waals surface area (Å²) in [6.07, 6.45) is 0. The highest BCUT2D eigenvalue weighted by atomic mass is 32.2. The Morgan fingerprint density at radius 3 is 3.00 bits per heavy atom. The fraction of sp³-hybridized carbons (Fsp3) is 0.600. The van der Waals surface area contributed by atoms with E-state index in [1.165, 1.54) is 16.7 Å². The van der Waals surface area contributed by atoms with Crippen molar-refractivity contribution in [1.29, 1.82) is 0 Å². The van der Waals surface area contributed by atoms with E-state index in [-0.39, 0.29) is 23.6 Å². The van der Waals surface area contributed by atoms with Crippen molar-refractivity contribution >= 4 is 23.6 Å². The number of carboxylic acid groups (broad SMARTS) is 1. The summed E-state index contributed by atoms with van der Waals surface area (Å²) in [5.74, 6) is -0.872. The van der Waals surface area contributed by atoms with Crippen LogP contribution in [0, 0.1) is 0 Å². The minimum Gasteiger partial charge on any atom is -0.477 e. The summed E-state index contributed by atoms with van der Waals surface area (Å²) in [6, 6.07) is -0.581. The molecule has 2 heterocycles. The average molecular weight is 258 g/mol. The number of aliphatic carboxylic acids is 1. The van der Waals surface area contributed by atoms with E-state index in [0.29, 0.717) is 17.9 Å². The molecule has 2 aliphatic rings. The van der Waals surface area contributed by atoms with Gasteiger partial charge in [0.15, 0.2) is 0 Å². The smallest absolute Gasteiger partial charge is 0.352 e. The van der Waals surface area contributed by atoms with Gasteiger partial charge in [0.2, 0.25) is 5.91 Å². The number of rotatable bonds is 4. The van der Waals surface area contributed by atoms with Gasteiger partial charge in [-0.25, -0.2) is 4.79 Å². The number of nitrogens with two attached hydrogens (primary N) is 1. The molecule has 2 aliphatic heterocycles. The number of carbonyl (C=O) groups excluding carboxylic acids is 1. The lowest BCUT2D eigenvalue weighted by Gasteiger charge is -2.47. The molecule has 0 saturated carbocycles. The first-order valence-corrected chi connectivity index (χ1v) is 6.36. The molecule has 0 aromatic carbocycles. The van der Waals surface area contributed by atoms with Gasteiger partial charge in [0, 0.05) is 12.4 Å². The highest BCUT2D eigenvalue weighted by molar-refractivity contribution is 8.00. The van der Waals surface area contributed by atoms with Crippen LogP contribution in [0.4, 0.5) is 0 Å². The van der Waals surface area contributed by atoms with E-state index in [0.717, 1.165) is 0 Å². The van der Waals surface area contributed by atoms with Crippen molar-refractivity contribution in [3.8, 4) is 0 Å². The van der Waals surface area contributed by atoms with Crippen molar-refractivity contribution in [1.82, 2.24) is 4.90 Å².